The van der Waals surface area contributed by atoms with Crippen LogP contribution >= 0.6 is 11.6 Å². The van der Waals surface area contributed by atoms with Crippen molar-refractivity contribution in [1.29, 1.82) is 0 Å². The molecule has 1 N–H and O–H groups in total. The zero-order valence-electron chi connectivity index (χ0n) is 18.2. The molecule has 7 heteroatoms. The number of carboxylic acid groups (broad SMARTS) is 1. The van der Waals surface area contributed by atoms with Gasteiger partial charge in [0.15, 0.2) is 5.65 Å². The summed E-state index contributed by atoms with van der Waals surface area (Å²) in [7, 11) is 0. The van der Waals surface area contributed by atoms with Crippen LogP contribution in [0.3, 0.4) is 0 Å². The Hall–Kier alpha value is -3.38. The highest BCUT2D eigenvalue weighted by Gasteiger charge is 2.22. The van der Waals surface area contributed by atoms with Crippen LogP contribution in [0.25, 0.3) is 11.2 Å². The number of halogens is 1. The Kier molecular flexibility index (Phi) is 6.15. The van der Waals surface area contributed by atoms with E-state index in [9.17, 15) is 9.90 Å². The maximum atomic E-state index is 11.7. The van der Waals surface area contributed by atoms with E-state index in [1.54, 1.807) is 36.4 Å². The Morgan fingerprint density at radius 2 is 1.88 bits per heavy atom. The van der Waals surface area contributed by atoms with E-state index in [0.717, 1.165) is 40.2 Å². The number of carbonyl (C=O) groups is 1. The van der Waals surface area contributed by atoms with Crippen molar-refractivity contribution in [1.82, 2.24) is 14.5 Å². The summed E-state index contributed by atoms with van der Waals surface area (Å²) in [6.07, 6.45) is -0.344. The van der Waals surface area contributed by atoms with E-state index < -0.39 is 12.1 Å². The van der Waals surface area contributed by atoms with Crippen LogP contribution in [0, 0.1) is 13.8 Å². The molecule has 2 aromatic heterocycles. The number of aliphatic carboxylic acids is 1. The molecular formula is C25H24ClN3O3. The summed E-state index contributed by atoms with van der Waals surface area (Å²) >= 11 is 6.58. The summed E-state index contributed by atoms with van der Waals surface area (Å²) in [6, 6.07) is 16.1. The zero-order valence-corrected chi connectivity index (χ0v) is 18.9. The molecule has 0 saturated heterocycles. The lowest BCUT2D eigenvalue weighted by Gasteiger charge is -2.17. The minimum absolute atomic E-state index is 0.394. The van der Waals surface area contributed by atoms with Crippen LogP contribution in [0.2, 0.25) is 5.02 Å². The molecule has 0 saturated carbocycles. The first-order valence-corrected chi connectivity index (χ1v) is 10.8. The van der Waals surface area contributed by atoms with Gasteiger partial charge in [-0.05, 0) is 43.2 Å². The van der Waals surface area contributed by atoms with Crippen LogP contribution in [0.1, 0.15) is 41.2 Å². The molecule has 6 nitrogen and oxygen atoms in total. The Labute approximate surface area is 191 Å². The van der Waals surface area contributed by atoms with Gasteiger partial charge in [-0.15, -0.1) is 0 Å². The molecule has 0 amide bonds. The highest BCUT2D eigenvalue weighted by molar-refractivity contribution is 6.31. The fourth-order valence-corrected chi connectivity index (χ4v) is 4.04. The number of hydrogen-bond acceptors (Lipinski definition) is 4. The van der Waals surface area contributed by atoms with Crippen molar-refractivity contribution < 1.29 is 14.6 Å². The molecule has 4 aromatic rings. The molecule has 32 heavy (non-hydrogen) atoms. The average Bonchev–Trinajstić information content (AvgIpc) is 3.12. The number of fused-ring (bicyclic) bond motifs is 1. The second kappa shape index (κ2) is 9.01. The number of rotatable bonds is 7. The monoisotopic (exact) mass is 449 g/mol. The highest BCUT2D eigenvalue weighted by atomic mass is 35.5. The minimum atomic E-state index is -1.11. The maximum Gasteiger partial charge on any atom is 0.349 e. The molecule has 2 aromatic carbocycles. The lowest BCUT2D eigenvalue weighted by molar-refractivity contribution is -0.145. The summed E-state index contributed by atoms with van der Waals surface area (Å²) in [5.41, 5.74) is 5.21. The molecule has 0 radical (unpaired) electrons. The first-order valence-electron chi connectivity index (χ1n) is 10.4. The number of aromatic nitrogens is 3. The predicted octanol–water partition coefficient (Wildman–Crippen LogP) is 5.52. The summed E-state index contributed by atoms with van der Waals surface area (Å²) in [5.74, 6) is 0.268. The van der Waals surface area contributed by atoms with E-state index in [0.29, 0.717) is 22.9 Å². The normalized spacial score (nSPS) is 12.1. The lowest BCUT2D eigenvalue weighted by atomic mass is 10.1. The Morgan fingerprint density at radius 1 is 1.12 bits per heavy atom. The van der Waals surface area contributed by atoms with Gasteiger partial charge in [-0.1, -0.05) is 54.9 Å². The van der Waals surface area contributed by atoms with E-state index in [4.69, 9.17) is 26.3 Å². The Bertz CT molecular complexity index is 1280. The molecule has 164 valence electrons. The van der Waals surface area contributed by atoms with Gasteiger partial charge in [0.1, 0.15) is 17.1 Å². The third-order valence-electron chi connectivity index (χ3n) is 5.35. The van der Waals surface area contributed by atoms with Gasteiger partial charge in [0.25, 0.3) is 0 Å². The Morgan fingerprint density at radius 3 is 2.53 bits per heavy atom. The molecular weight excluding hydrogens is 426 g/mol. The number of carboxylic acids is 1. The smallest absolute Gasteiger partial charge is 0.349 e. The first-order chi connectivity index (χ1) is 15.4. The minimum Gasteiger partial charge on any atom is -0.478 e. The fraction of sp³-hybridized carbons (Fsp3) is 0.240. The Balaban J connectivity index is 1.64. The molecule has 1 atom stereocenters. The number of nitrogens with zero attached hydrogens (tertiary/aromatic N) is 3. The van der Waals surface area contributed by atoms with E-state index in [2.05, 4.69) is 11.5 Å². The third kappa shape index (κ3) is 4.32. The first kappa shape index (κ1) is 21.8. The van der Waals surface area contributed by atoms with Crippen LogP contribution in [-0.4, -0.2) is 25.6 Å². The number of imidazole rings is 1. The number of ether oxygens (including phenoxy) is 1. The van der Waals surface area contributed by atoms with Crippen molar-refractivity contribution in [2.75, 3.05) is 0 Å². The van der Waals surface area contributed by atoms with Crippen LogP contribution < -0.4 is 4.74 Å². The van der Waals surface area contributed by atoms with Crippen LogP contribution in [-0.2, 0) is 17.8 Å². The quantitative estimate of drug-likeness (QED) is 0.402. The summed E-state index contributed by atoms with van der Waals surface area (Å²) in [5, 5.41) is 10.1. The molecule has 2 heterocycles. The number of benzene rings is 2. The zero-order chi connectivity index (χ0) is 22.8. The molecule has 0 spiro atoms. The lowest BCUT2D eigenvalue weighted by Crippen LogP contribution is -2.18. The molecule has 0 bridgehead atoms. The van der Waals surface area contributed by atoms with Crippen LogP contribution in [0.15, 0.2) is 54.6 Å². The van der Waals surface area contributed by atoms with Crippen molar-refractivity contribution in [3.63, 3.8) is 0 Å². The molecule has 0 aliphatic carbocycles. The van der Waals surface area contributed by atoms with Crippen molar-refractivity contribution in [3.05, 3.63) is 87.8 Å². The molecule has 0 aliphatic heterocycles. The summed E-state index contributed by atoms with van der Waals surface area (Å²) in [6.45, 7) is 6.59. The number of hydrogen-bond donors (Lipinski definition) is 1. The number of aryl methyl sites for hydroxylation is 3. The SMILES string of the molecule is CCc1nc2c(C)cc(C)nc2n1Cc1ccc(OC(C(=O)O)c2ccccc2)cc1Cl. The topological polar surface area (TPSA) is 77.2 Å². The van der Waals surface area contributed by atoms with Crippen molar-refractivity contribution >= 4 is 28.7 Å². The van der Waals surface area contributed by atoms with Gasteiger partial charge >= 0.3 is 5.97 Å². The van der Waals surface area contributed by atoms with Gasteiger partial charge in [0, 0.05) is 22.7 Å². The fourth-order valence-electron chi connectivity index (χ4n) is 3.81. The van der Waals surface area contributed by atoms with Gasteiger partial charge in [0.2, 0.25) is 6.10 Å². The maximum absolute atomic E-state index is 11.7. The summed E-state index contributed by atoms with van der Waals surface area (Å²) < 4.78 is 7.85. The second-order valence-electron chi connectivity index (χ2n) is 7.72. The molecule has 0 fully saturated rings. The van der Waals surface area contributed by atoms with Gasteiger partial charge in [-0.2, -0.15) is 0 Å². The number of pyridine rings is 1. The van der Waals surface area contributed by atoms with Gasteiger partial charge in [-0.25, -0.2) is 14.8 Å². The van der Waals surface area contributed by atoms with Gasteiger partial charge in [0.05, 0.1) is 6.54 Å². The largest absolute Gasteiger partial charge is 0.478 e. The van der Waals surface area contributed by atoms with Crippen LogP contribution in [0.5, 0.6) is 5.75 Å². The predicted molar refractivity (Wildman–Crippen MR) is 124 cm³/mol. The van der Waals surface area contributed by atoms with E-state index in [1.807, 2.05) is 32.0 Å². The second-order valence-corrected chi connectivity index (χ2v) is 8.13. The molecule has 1 unspecified atom stereocenters. The van der Waals surface area contributed by atoms with Gasteiger partial charge in [-0.3, -0.25) is 0 Å². The third-order valence-corrected chi connectivity index (χ3v) is 5.70. The summed E-state index contributed by atoms with van der Waals surface area (Å²) in [4.78, 5) is 21.2. The van der Waals surface area contributed by atoms with Crippen molar-refractivity contribution in [3.8, 4) is 5.75 Å². The van der Waals surface area contributed by atoms with Crippen molar-refractivity contribution in [2.45, 2.75) is 39.8 Å². The van der Waals surface area contributed by atoms with Crippen molar-refractivity contribution in [2.24, 2.45) is 0 Å². The standard InChI is InChI=1S/C25H24ClN3O3/c1-4-21-28-22-15(2)12-16(3)27-24(22)29(21)14-18-10-11-19(13-20(18)26)32-23(25(30)31)17-8-6-5-7-9-17/h5-13,23H,4,14H2,1-3H3,(H,30,31). The molecule has 0 aliphatic rings. The van der Waals surface area contributed by atoms with E-state index in [1.165, 1.54) is 0 Å². The van der Waals surface area contributed by atoms with Gasteiger partial charge < -0.3 is 14.4 Å². The van der Waals surface area contributed by atoms with Crippen LogP contribution in [0.4, 0.5) is 0 Å². The van der Waals surface area contributed by atoms with E-state index in [-0.39, 0.29) is 0 Å². The highest BCUT2D eigenvalue weighted by Crippen LogP contribution is 2.29. The van der Waals surface area contributed by atoms with E-state index >= 15 is 0 Å². The average molecular weight is 450 g/mol. The molecule has 4 rings (SSSR count).